The van der Waals surface area contributed by atoms with Crippen molar-refractivity contribution in [3.05, 3.63) is 58.4 Å². The van der Waals surface area contributed by atoms with Gasteiger partial charge in [0.2, 0.25) is 5.95 Å². The minimum absolute atomic E-state index is 0. The van der Waals surface area contributed by atoms with Crippen LogP contribution in [0, 0.1) is 0 Å². The number of hydrogen-bond acceptors (Lipinski definition) is 4. The van der Waals surface area contributed by atoms with E-state index in [2.05, 4.69) is 10.3 Å². The standard InChI is InChI=1S/C16H12F3N3OS.2ClH/c1-22-11-6-3-2-5-10(11)20-15(22)21-14(16(17,18)19)9-12(23)13-7-4-8-24-13;;/h2-9H,1H3,(H,20,21);2*1H/b14-9-;;. The van der Waals surface area contributed by atoms with Gasteiger partial charge in [-0.15, -0.1) is 36.2 Å². The van der Waals surface area contributed by atoms with E-state index in [4.69, 9.17) is 0 Å². The zero-order valence-electron chi connectivity index (χ0n) is 13.3. The first-order chi connectivity index (χ1) is 11.4. The van der Waals surface area contributed by atoms with Gasteiger partial charge >= 0.3 is 6.18 Å². The van der Waals surface area contributed by atoms with Gasteiger partial charge in [0.25, 0.3) is 0 Å². The van der Waals surface area contributed by atoms with Crippen molar-refractivity contribution in [3.8, 4) is 0 Å². The lowest BCUT2D eigenvalue weighted by Gasteiger charge is -2.13. The highest BCUT2D eigenvalue weighted by Crippen LogP contribution is 2.28. The van der Waals surface area contributed by atoms with Crippen molar-refractivity contribution in [3.63, 3.8) is 0 Å². The highest BCUT2D eigenvalue weighted by atomic mass is 35.5. The van der Waals surface area contributed by atoms with Gasteiger partial charge in [0, 0.05) is 13.1 Å². The molecule has 2 heterocycles. The zero-order chi connectivity index (χ0) is 17.3. The predicted molar refractivity (Wildman–Crippen MR) is 102 cm³/mol. The highest BCUT2D eigenvalue weighted by molar-refractivity contribution is 7.12. The first-order valence-corrected chi connectivity index (χ1v) is 7.79. The molecule has 1 aromatic carbocycles. The van der Waals surface area contributed by atoms with Gasteiger partial charge in [0.05, 0.1) is 15.9 Å². The van der Waals surface area contributed by atoms with Crippen LogP contribution in [0.25, 0.3) is 11.0 Å². The minimum Gasteiger partial charge on any atom is -0.321 e. The summed E-state index contributed by atoms with van der Waals surface area (Å²) in [6.45, 7) is 0. The highest BCUT2D eigenvalue weighted by Gasteiger charge is 2.35. The molecule has 0 spiro atoms. The largest absolute Gasteiger partial charge is 0.431 e. The number of thiophene rings is 1. The van der Waals surface area contributed by atoms with Crippen LogP contribution in [0.4, 0.5) is 19.1 Å². The molecule has 140 valence electrons. The fourth-order valence-corrected chi connectivity index (χ4v) is 2.82. The lowest BCUT2D eigenvalue weighted by Crippen LogP contribution is -2.22. The number of carbonyl (C=O) groups is 1. The summed E-state index contributed by atoms with van der Waals surface area (Å²) in [5.41, 5.74) is 0.0963. The molecular formula is C16H14Cl2F3N3OS. The molecule has 0 atom stereocenters. The molecule has 0 aliphatic rings. The SMILES string of the molecule is Cl.Cl.Cn1c(N/C(=C\C(=O)c2cccs2)C(F)(F)F)nc2ccccc21. The number of alkyl halides is 3. The van der Waals surface area contributed by atoms with E-state index in [-0.39, 0.29) is 35.6 Å². The second kappa shape index (κ2) is 8.57. The van der Waals surface area contributed by atoms with Gasteiger partial charge in [-0.1, -0.05) is 18.2 Å². The summed E-state index contributed by atoms with van der Waals surface area (Å²) in [5.74, 6) is -0.692. The molecular weight excluding hydrogens is 410 g/mol. The lowest BCUT2D eigenvalue weighted by molar-refractivity contribution is -0.0904. The van der Waals surface area contributed by atoms with Gasteiger partial charge in [0.15, 0.2) is 5.78 Å². The van der Waals surface area contributed by atoms with Crippen molar-refractivity contribution in [2.75, 3.05) is 5.32 Å². The van der Waals surface area contributed by atoms with Gasteiger partial charge in [-0.3, -0.25) is 4.79 Å². The number of aryl methyl sites for hydroxylation is 1. The van der Waals surface area contributed by atoms with Crippen LogP contribution < -0.4 is 5.32 Å². The Morgan fingerprint density at radius 2 is 1.88 bits per heavy atom. The number of fused-ring (bicyclic) bond motifs is 1. The molecule has 0 saturated carbocycles. The second-order valence-electron chi connectivity index (χ2n) is 5.01. The maximum absolute atomic E-state index is 13.3. The average Bonchev–Trinajstić information content (AvgIpc) is 3.15. The summed E-state index contributed by atoms with van der Waals surface area (Å²) in [5, 5.41) is 3.87. The van der Waals surface area contributed by atoms with E-state index in [1.807, 2.05) is 0 Å². The Labute approximate surface area is 163 Å². The van der Waals surface area contributed by atoms with Crippen LogP contribution >= 0.6 is 36.2 Å². The molecule has 0 bridgehead atoms. The van der Waals surface area contributed by atoms with Gasteiger partial charge in [-0.2, -0.15) is 13.2 Å². The Morgan fingerprint density at radius 1 is 1.19 bits per heavy atom. The molecule has 0 saturated heterocycles. The second-order valence-corrected chi connectivity index (χ2v) is 5.95. The van der Waals surface area contributed by atoms with E-state index < -0.39 is 17.7 Å². The summed E-state index contributed by atoms with van der Waals surface area (Å²) >= 11 is 1.09. The first kappa shape index (κ1) is 22.0. The number of nitrogens with zero attached hydrogens (tertiary/aromatic N) is 2. The maximum atomic E-state index is 13.3. The van der Waals surface area contributed by atoms with Crippen molar-refractivity contribution < 1.29 is 18.0 Å². The van der Waals surface area contributed by atoms with Crippen LogP contribution in [0.5, 0.6) is 0 Å². The molecule has 3 rings (SSSR count). The molecule has 3 aromatic rings. The molecule has 0 amide bonds. The maximum Gasteiger partial charge on any atom is 0.431 e. The van der Waals surface area contributed by atoms with E-state index in [1.165, 1.54) is 10.6 Å². The number of ketones is 1. The van der Waals surface area contributed by atoms with Crippen molar-refractivity contribution in [2.45, 2.75) is 6.18 Å². The predicted octanol–water partition coefficient (Wildman–Crippen LogP) is 5.22. The number of rotatable bonds is 4. The van der Waals surface area contributed by atoms with Crippen LogP contribution in [0.3, 0.4) is 0 Å². The average molecular weight is 424 g/mol. The smallest absolute Gasteiger partial charge is 0.321 e. The number of nitrogens with one attached hydrogen (secondary N) is 1. The van der Waals surface area contributed by atoms with Crippen LogP contribution in [0.1, 0.15) is 9.67 Å². The fourth-order valence-electron chi connectivity index (χ4n) is 2.19. The van der Waals surface area contributed by atoms with Crippen LogP contribution in [0.15, 0.2) is 53.6 Å². The van der Waals surface area contributed by atoms with Crippen LogP contribution in [-0.2, 0) is 7.05 Å². The Kier molecular flexibility index (Phi) is 7.25. The molecule has 2 aromatic heterocycles. The van der Waals surface area contributed by atoms with Gasteiger partial charge in [-0.25, -0.2) is 4.98 Å². The molecule has 4 nitrogen and oxygen atoms in total. The molecule has 0 radical (unpaired) electrons. The number of carbonyl (C=O) groups excluding carboxylic acids is 1. The Hall–Kier alpha value is -2.03. The Morgan fingerprint density at radius 3 is 2.46 bits per heavy atom. The summed E-state index contributed by atoms with van der Waals surface area (Å²) in [6, 6.07) is 10.1. The molecule has 0 unspecified atom stereocenters. The van der Waals surface area contributed by atoms with Crippen molar-refractivity contribution in [1.29, 1.82) is 0 Å². The van der Waals surface area contributed by atoms with Crippen LogP contribution in [-0.4, -0.2) is 21.5 Å². The van der Waals surface area contributed by atoms with Gasteiger partial charge < -0.3 is 9.88 Å². The monoisotopic (exact) mass is 423 g/mol. The van der Waals surface area contributed by atoms with E-state index >= 15 is 0 Å². The Balaban J connectivity index is 0.00000169. The number of imidazole rings is 1. The third-order valence-electron chi connectivity index (χ3n) is 3.38. The topological polar surface area (TPSA) is 46.9 Å². The molecule has 0 fully saturated rings. The number of halogens is 5. The van der Waals surface area contributed by atoms with Crippen molar-refractivity contribution in [1.82, 2.24) is 9.55 Å². The Bertz CT molecular complexity index is 921. The third-order valence-corrected chi connectivity index (χ3v) is 4.26. The van der Waals surface area contributed by atoms with E-state index in [0.29, 0.717) is 17.1 Å². The van der Waals surface area contributed by atoms with Crippen LogP contribution in [0.2, 0.25) is 0 Å². The molecule has 26 heavy (non-hydrogen) atoms. The quantitative estimate of drug-likeness (QED) is 0.462. The fraction of sp³-hybridized carbons (Fsp3) is 0.125. The van der Waals surface area contributed by atoms with Gasteiger partial charge in [0.1, 0.15) is 5.70 Å². The van der Waals surface area contributed by atoms with Gasteiger partial charge in [-0.05, 0) is 23.6 Å². The first-order valence-electron chi connectivity index (χ1n) is 6.91. The number of para-hydroxylation sites is 2. The number of hydrogen-bond donors (Lipinski definition) is 1. The molecule has 10 heteroatoms. The van der Waals surface area contributed by atoms with E-state index in [9.17, 15) is 18.0 Å². The van der Waals surface area contributed by atoms with E-state index in [0.717, 1.165) is 11.3 Å². The number of aromatic nitrogens is 2. The normalized spacial score (nSPS) is 11.6. The molecule has 0 aliphatic heterocycles. The number of benzene rings is 1. The molecule has 1 N–H and O–H groups in total. The number of anilines is 1. The third kappa shape index (κ3) is 4.57. The lowest BCUT2D eigenvalue weighted by atomic mass is 10.2. The van der Waals surface area contributed by atoms with Crippen molar-refractivity contribution >= 4 is 58.9 Å². The van der Waals surface area contributed by atoms with E-state index in [1.54, 1.807) is 42.8 Å². The summed E-state index contributed by atoms with van der Waals surface area (Å²) in [7, 11) is 1.60. The molecule has 0 aliphatic carbocycles. The summed E-state index contributed by atoms with van der Waals surface area (Å²) in [4.78, 5) is 16.4. The van der Waals surface area contributed by atoms with Crippen molar-refractivity contribution in [2.24, 2.45) is 7.05 Å². The zero-order valence-corrected chi connectivity index (χ0v) is 15.7. The minimum atomic E-state index is -4.70. The summed E-state index contributed by atoms with van der Waals surface area (Å²) in [6.07, 6.45) is -4.14. The summed E-state index contributed by atoms with van der Waals surface area (Å²) < 4.78 is 41.3. The number of allylic oxidation sites excluding steroid dienone is 2.